The molecule has 0 unspecified atom stereocenters. The van der Waals surface area contributed by atoms with Crippen LogP contribution in [0.2, 0.25) is 0 Å². The monoisotopic (exact) mass is 253 g/mol. The zero-order chi connectivity index (χ0) is 10.1. The zero-order valence-electron chi connectivity index (χ0n) is 8.76. The maximum Gasteiger partial charge on any atom is 0.0368 e. The van der Waals surface area contributed by atoms with Crippen molar-refractivity contribution in [3.63, 3.8) is 0 Å². The third-order valence-electron chi connectivity index (χ3n) is 2.97. The van der Waals surface area contributed by atoms with Gasteiger partial charge in [0.25, 0.3) is 0 Å². The van der Waals surface area contributed by atoms with Crippen LogP contribution < -0.4 is 4.90 Å². The van der Waals surface area contributed by atoms with Gasteiger partial charge in [-0.2, -0.15) is 0 Å². The first kappa shape index (κ1) is 10.0. The summed E-state index contributed by atoms with van der Waals surface area (Å²) in [6.45, 7) is 2.18. The number of halogens is 1. The van der Waals surface area contributed by atoms with Crippen molar-refractivity contribution in [2.75, 3.05) is 11.9 Å². The normalized spacial score (nSPS) is 15.6. The molecule has 14 heavy (non-hydrogen) atoms. The van der Waals surface area contributed by atoms with Crippen molar-refractivity contribution < 1.29 is 0 Å². The lowest BCUT2D eigenvalue weighted by molar-refractivity contribution is 0.915. The highest BCUT2D eigenvalue weighted by Gasteiger charge is 2.26. The first-order valence-corrected chi connectivity index (χ1v) is 6.23. The summed E-state index contributed by atoms with van der Waals surface area (Å²) < 4.78 is 0. The van der Waals surface area contributed by atoms with Crippen LogP contribution in [0.25, 0.3) is 0 Å². The van der Waals surface area contributed by atoms with E-state index in [1.54, 1.807) is 0 Å². The predicted molar refractivity (Wildman–Crippen MR) is 65.2 cm³/mol. The lowest BCUT2D eigenvalue weighted by Crippen LogP contribution is -2.19. The Hall–Kier alpha value is -0.500. The van der Waals surface area contributed by atoms with Crippen LogP contribution in [0, 0.1) is 6.92 Å². The molecule has 0 N–H and O–H groups in total. The van der Waals surface area contributed by atoms with Crippen LogP contribution in [-0.4, -0.2) is 13.1 Å². The standard InChI is InChI=1S/C12H16BrN/c1-9-7-12(4-3-10(9)8-13)14(2)11-5-6-11/h3-4,7,11H,5-6,8H2,1-2H3. The SMILES string of the molecule is Cc1cc(N(C)C2CC2)ccc1CBr. The summed E-state index contributed by atoms with van der Waals surface area (Å²) in [6, 6.07) is 7.53. The van der Waals surface area contributed by atoms with Crippen LogP contribution >= 0.6 is 15.9 Å². The summed E-state index contributed by atoms with van der Waals surface area (Å²) >= 11 is 3.50. The van der Waals surface area contributed by atoms with Crippen LogP contribution in [0.5, 0.6) is 0 Å². The first-order chi connectivity index (χ1) is 6.72. The second kappa shape index (κ2) is 3.93. The molecule has 2 rings (SSSR count). The van der Waals surface area contributed by atoms with Gasteiger partial charge in [-0.3, -0.25) is 0 Å². The molecule has 0 radical (unpaired) electrons. The minimum Gasteiger partial charge on any atom is -0.372 e. The maximum atomic E-state index is 3.50. The third kappa shape index (κ3) is 1.95. The molecule has 0 aromatic heterocycles. The molecule has 1 aromatic rings. The molecule has 1 aliphatic rings. The summed E-state index contributed by atoms with van der Waals surface area (Å²) in [7, 11) is 2.19. The maximum absolute atomic E-state index is 3.50. The molecule has 0 saturated heterocycles. The lowest BCUT2D eigenvalue weighted by atomic mass is 10.1. The summed E-state index contributed by atoms with van der Waals surface area (Å²) in [4.78, 5) is 2.39. The molecule has 0 spiro atoms. The highest BCUT2D eigenvalue weighted by atomic mass is 79.9. The fourth-order valence-corrected chi connectivity index (χ4v) is 2.35. The molecule has 1 fully saturated rings. The number of rotatable bonds is 3. The zero-order valence-corrected chi connectivity index (χ0v) is 10.3. The minimum atomic E-state index is 0.796. The Kier molecular flexibility index (Phi) is 2.82. The van der Waals surface area contributed by atoms with Crippen molar-refractivity contribution in [1.29, 1.82) is 0 Å². The van der Waals surface area contributed by atoms with Gasteiger partial charge in [-0.25, -0.2) is 0 Å². The average molecular weight is 254 g/mol. The Balaban J connectivity index is 2.22. The van der Waals surface area contributed by atoms with Crippen LogP contribution in [-0.2, 0) is 5.33 Å². The van der Waals surface area contributed by atoms with Gasteiger partial charge >= 0.3 is 0 Å². The second-order valence-corrected chi connectivity index (χ2v) is 4.65. The van der Waals surface area contributed by atoms with Gasteiger partial charge < -0.3 is 4.90 Å². The van der Waals surface area contributed by atoms with Crippen LogP contribution in [0.1, 0.15) is 24.0 Å². The largest absolute Gasteiger partial charge is 0.372 e. The van der Waals surface area contributed by atoms with E-state index in [0.717, 1.165) is 11.4 Å². The minimum absolute atomic E-state index is 0.796. The number of hydrogen-bond acceptors (Lipinski definition) is 1. The Morgan fingerprint density at radius 1 is 1.43 bits per heavy atom. The summed E-state index contributed by atoms with van der Waals surface area (Å²) in [6.07, 6.45) is 2.71. The third-order valence-corrected chi connectivity index (χ3v) is 3.58. The van der Waals surface area contributed by atoms with Gasteiger partial charge in [-0.15, -0.1) is 0 Å². The molecule has 0 bridgehead atoms. The Bertz CT molecular complexity index is 331. The van der Waals surface area contributed by atoms with Crippen molar-refractivity contribution in [1.82, 2.24) is 0 Å². The van der Waals surface area contributed by atoms with Gasteiger partial charge in [-0.05, 0) is 43.0 Å². The first-order valence-electron chi connectivity index (χ1n) is 5.10. The molecule has 1 aromatic carbocycles. The molecule has 0 aliphatic heterocycles. The number of anilines is 1. The van der Waals surface area contributed by atoms with Gasteiger partial charge in [-0.1, -0.05) is 22.0 Å². The number of hydrogen-bond donors (Lipinski definition) is 0. The fourth-order valence-electron chi connectivity index (χ4n) is 1.72. The van der Waals surface area contributed by atoms with E-state index in [2.05, 4.69) is 53.0 Å². The predicted octanol–water partition coefficient (Wildman–Crippen LogP) is 3.49. The number of nitrogens with zero attached hydrogens (tertiary/aromatic N) is 1. The van der Waals surface area contributed by atoms with E-state index in [0.29, 0.717) is 0 Å². The number of benzene rings is 1. The van der Waals surface area contributed by atoms with Gasteiger partial charge in [0, 0.05) is 24.1 Å². The lowest BCUT2D eigenvalue weighted by Gasteiger charge is -2.19. The van der Waals surface area contributed by atoms with Crippen LogP contribution in [0.15, 0.2) is 18.2 Å². The Labute approximate surface area is 94.2 Å². The van der Waals surface area contributed by atoms with E-state index in [1.165, 1.54) is 29.7 Å². The van der Waals surface area contributed by atoms with Gasteiger partial charge in [0.2, 0.25) is 0 Å². The van der Waals surface area contributed by atoms with E-state index in [-0.39, 0.29) is 0 Å². The molecule has 2 heteroatoms. The van der Waals surface area contributed by atoms with Crippen LogP contribution in [0.3, 0.4) is 0 Å². The van der Waals surface area contributed by atoms with Crippen molar-refractivity contribution in [2.24, 2.45) is 0 Å². The van der Waals surface area contributed by atoms with Crippen molar-refractivity contribution >= 4 is 21.6 Å². The van der Waals surface area contributed by atoms with E-state index in [1.807, 2.05) is 0 Å². The van der Waals surface area contributed by atoms with Crippen molar-refractivity contribution in [2.45, 2.75) is 31.1 Å². The Morgan fingerprint density at radius 2 is 2.14 bits per heavy atom. The van der Waals surface area contributed by atoms with Crippen LogP contribution in [0.4, 0.5) is 5.69 Å². The van der Waals surface area contributed by atoms with Gasteiger partial charge in [0.1, 0.15) is 0 Å². The molecule has 1 nitrogen and oxygen atoms in total. The topological polar surface area (TPSA) is 3.24 Å². The second-order valence-electron chi connectivity index (χ2n) is 4.09. The molecule has 0 heterocycles. The van der Waals surface area contributed by atoms with Crippen molar-refractivity contribution in [3.05, 3.63) is 29.3 Å². The smallest absolute Gasteiger partial charge is 0.0368 e. The quantitative estimate of drug-likeness (QED) is 0.746. The summed E-state index contributed by atoms with van der Waals surface area (Å²) in [5.41, 5.74) is 4.12. The van der Waals surface area contributed by atoms with Gasteiger partial charge in [0.05, 0.1) is 0 Å². The molecule has 0 atom stereocenters. The molecule has 0 amide bonds. The number of alkyl halides is 1. The highest BCUT2D eigenvalue weighted by Crippen LogP contribution is 2.31. The van der Waals surface area contributed by atoms with E-state index >= 15 is 0 Å². The molecule has 76 valence electrons. The molecule has 1 aliphatic carbocycles. The fraction of sp³-hybridized carbons (Fsp3) is 0.500. The number of aryl methyl sites for hydroxylation is 1. The average Bonchev–Trinajstić information content (AvgIpc) is 3.00. The van der Waals surface area contributed by atoms with E-state index in [4.69, 9.17) is 0 Å². The molecule has 1 saturated carbocycles. The van der Waals surface area contributed by atoms with E-state index in [9.17, 15) is 0 Å². The Morgan fingerprint density at radius 3 is 2.64 bits per heavy atom. The highest BCUT2D eigenvalue weighted by molar-refractivity contribution is 9.08. The van der Waals surface area contributed by atoms with E-state index < -0.39 is 0 Å². The summed E-state index contributed by atoms with van der Waals surface area (Å²) in [5.74, 6) is 0. The summed E-state index contributed by atoms with van der Waals surface area (Å²) in [5, 5.41) is 0.951. The van der Waals surface area contributed by atoms with Crippen molar-refractivity contribution in [3.8, 4) is 0 Å². The van der Waals surface area contributed by atoms with Gasteiger partial charge in [0.15, 0.2) is 0 Å². The molecular formula is C12H16BrN. The molecular weight excluding hydrogens is 238 g/mol.